The Labute approximate surface area is 129 Å². The second-order valence-electron chi connectivity index (χ2n) is 5.16. The third kappa shape index (κ3) is 3.08. The molecule has 3 nitrogen and oxygen atoms in total. The van der Waals surface area contributed by atoms with Gasteiger partial charge in [-0.15, -0.1) is 0 Å². The van der Waals surface area contributed by atoms with Crippen LogP contribution in [-0.4, -0.2) is 21.2 Å². The second kappa shape index (κ2) is 7.29. The van der Waals surface area contributed by atoms with Crippen LogP contribution in [-0.2, 0) is 0 Å². The fourth-order valence-electron chi connectivity index (χ4n) is 2.41. The largest absolute Gasteiger partial charge is 0.321 e. The number of rotatable bonds is 5. The van der Waals surface area contributed by atoms with Gasteiger partial charge in [-0.05, 0) is 38.0 Å². The van der Waals surface area contributed by atoms with E-state index in [1.165, 1.54) is 6.08 Å². The maximum Gasteiger partial charge on any atom is 0.143 e. The number of hydrogen-bond acceptors (Lipinski definition) is 2. The Morgan fingerprint density at radius 1 is 1.41 bits per heavy atom. The summed E-state index contributed by atoms with van der Waals surface area (Å²) in [6.45, 7) is 5.13. The summed E-state index contributed by atoms with van der Waals surface area (Å²) < 4.78 is 29.1. The molecule has 2 rings (SSSR count). The molecule has 0 radical (unpaired) electrons. The van der Waals surface area contributed by atoms with Gasteiger partial charge >= 0.3 is 0 Å². The van der Waals surface area contributed by atoms with Crippen LogP contribution >= 0.6 is 0 Å². The predicted molar refractivity (Wildman–Crippen MR) is 85.0 cm³/mol. The predicted octanol–water partition coefficient (Wildman–Crippen LogP) is 3.15. The Morgan fingerprint density at radius 3 is 2.73 bits per heavy atom. The molecule has 0 bridgehead atoms. The fourth-order valence-corrected chi connectivity index (χ4v) is 2.41. The molecule has 0 saturated carbocycles. The zero-order valence-corrected chi connectivity index (χ0v) is 13.2. The van der Waals surface area contributed by atoms with Gasteiger partial charge in [-0.25, -0.2) is 13.8 Å². The molecule has 2 aromatic heterocycles. The highest BCUT2D eigenvalue weighted by Crippen LogP contribution is 2.19. The van der Waals surface area contributed by atoms with E-state index in [1.807, 2.05) is 30.5 Å². The molecule has 0 amide bonds. The minimum Gasteiger partial charge on any atom is -0.321 e. The first-order valence-electron chi connectivity index (χ1n) is 7.57. The highest BCUT2D eigenvalue weighted by molar-refractivity contribution is 5.55. The van der Waals surface area contributed by atoms with Crippen molar-refractivity contribution in [2.45, 2.75) is 39.7 Å². The van der Waals surface area contributed by atoms with Crippen LogP contribution in [0.3, 0.4) is 0 Å². The summed E-state index contributed by atoms with van der Waals surface area (Å²) in [7, 11) is 0. The van der Waals surface area contributed by atoms with Crippen LogP contribution in [0, 0.1) is 0 Å². The Balaban J connectivity index is 2.88. The Bertz CT molecular complexity index is 735. The van der Waals surface area contributed by atoms with Crippen molar-refractivity contribution >= 4 is 11.9 Å². The third-order valence-electron chi connectivity index (χ3n) is 3.74. The maximum atomic E-state index is 14.2. The zero-order valence-electron chi connectivity index (χ0n) is 13.2. The average Bonchev–Trinajstić information content (AvgIpc) is 2.94. The number of alkyl halides is 1. The molecule has 22 heavy (non-hydrogen) atoms. The molecule has 0 N–H and O–H groups in total. The van der Waals surface area contributed by atoms with Crippen LogP contribution in [0.25, 0.3) is 23.3 Å². The lowest BCUT2D eigenvalue weighted by Gasteiger charge is -2.15. The zero-order chi connectivity index (χ0) is 16.1. The van der Waals surface area contributed by atoms with Crippen molar-refractivity contribution in [3.63, 3.8) is 0 Å². The van der Waals surface area contributed by atoms with Gasteiger partial charge in [0.2, 0.25) is 0 Å². The summed E-state index contributed by atoms with van der Waals surface area (Å²) in [4.78, 5) is 8.55. The average molecular weight is 305 g/mol. The van der Waals surface area contributed by atoms with Crippen molar-refractivity contribution < 1.29 is 8.78 Å². The molecule has 5 heteroatoms. The molecule has 0 fully saturated rings. The van der Waals surface area contributed by atoms with E-state index in [0.717, 1.165) is 12.0 Å². The van der Waals surface area contributed by atoms with Crippen LogP contribution < -0.4 is 10.7 Å². The van der Waals surface area contributed by atoms with Gasteiger partial charge in [-0.1, -0.05) is 13.8 Å². The number of halogens is 2. The summed E-state index contributed by atoms with van der Waals surface area (Å²) >= 11 is 0. The molecule has 0 spiro atoms. The molecule has 2 heterocycles. The first-order chi connectivity index (χ1) is 10.6. The second-order valence-corrected chi connectivity index (χ2v) is 5.16. The van der Waals surface area contributed by atoms with Crippen LogP contribution in [0.5, 0.6) is 0 Å². The molecular weight excluding hydrogens is 284 g/mol. The van der Waals surface area contributed by atoms with E-state index >= 15 is 0 Å². The summed E-state index contributed by atoms with van der Waals surface area (Å²) in [6, 6.07) is 3.77. The van der Waals surface area contributed by atoms with Crippen molar-refractivity contribution in [3.05, 3.63) is 35.2 Å². The number of hydrogen-bond donors (Lipinski definition) is 0. The van der Waals surface area contributed by atoms with E-state index in [4.69, 9.17) is 0 Å². The number of pyridine rings is 1. The van der Waals surface area contributed by atoms with E-state index in [0.29, 0.717) is 11.2 Å². The van der Waals surface area contributed by atoms with E-state index in [1.54, 1.807) is 19.3 Å². The highest BCUT2D eigenvalue weighted by atomic mass is 19.1. The summed E-state index contributed by atoms with van der Waals surface area (Å²) in [5, 5.41) is 0.745. The van der Waals surface area contributed by atoms with E-state index in [2.05, 4.69) is 9.97 Å². The van der Waals surface area contributed by atoms with Crippen LogP contribution in [0.1, 0.15) is 39.7 Å². The quantitative estimate of drug-likeness (QED) is 0.849. The van der Waals surface area contributed by atoms with Gasteiger partial charge in [-0.2, -0.15) is 0 Å². The molecule has 0 aliphatic rings. The summed E-state index contributed by atoms with van der Waals surface area (Å²) in [6.07, 6.45) is 5.83. The SMILES string of the molecule is CC/C(F)=c1/nc(-c2cccnc2)n(C(C)CC)/c1=C/CF. The number of imidazole rings is 1. The first-order valence-corrected chi connectivity index (χ1v) is 7.57. The Kier molecular flexibility index (Phi) is 5.41. The lowest BCUT2D eigenvalue weighted by atomic mass is 10.2. The van der Waals surface area contributed by atoms with Crippen molar-refractivity contribution in [1.82, 2.24) is 14.5 Å². The van der Waals surface area contributed by atoms with Crippen molar-refractivity contribution in [1.29, 1.82) is 0 Å². The van der Waals surface area contributed by atoms with E-state index < -0.39 is 6.67 Å². The van der Waals surface area contributed by atoms with E-state index in [9.17, 15) is 8.78 Å². The molecule has 0 aliphatic heterocycles. The third-order valence-corrected chi connectivity index (χ3v) is 3.74. The monoisotopic (exact) mass is 305 g/mol. The van der Waals surface area contributed by atoms with Gasteiger partial charge in [0, 0.05) is 24.0 Å². The standard InChI is InChI=1S/C17H21F2N3/c1-4-12(3)22-15(8-9-18)16(14(19)5-2)21-17(22)13-7-6-10-20-11-13/h6-8,10-12H,4-5,9H2,1-3H3/b15-8+,16-14-. The van der Waals surface area contributed by atoms with Crippen LogP contribution in [0.4, 0.5) is 8.78 Å². The first kappa shape index (κ1) is 16.3. The molecule has 0 aliphatic carbocycles. The maximum absolute atomic E-state index is 14.2. The van der Waals surface area contributed by atoms with Crippen molar-refractivity contribution in [3.8, 4) is 11.4 Å². The number of nitrogens with zero attached hydrogens (tertiary/aromatic N) is 3. The molecule has 1 unspecified atom stereocenters. The van der Waals surface area contributed by atoms with Gasteiger partial charge < -0.3 is 4.57 Å². The fraction of sp³-hybridized carbons (Fsp3) is 0.412. The minimum atomic E-state index is -0.654. The highest BCUT2D eigenvalue weighted by Gasteiger charge is 2.16. The van der Waals surface area contributed by atoms with Crippen molar-refractivity contribution in [2.24, 2.45) is 0 Å². The Morgan fingerprint density at radius 2 is 2.18 bits per heavy atom. The van der Waals surface area contributed by atoms with Crippen LogP contribution in [0.2, 0.25) is 0 Å². The molecule has 1 atom stereocenters. The van der Waals surface area contributed by atoms with Crippen LogP contribution in [0.15, 0.2) is 24.5 Å². The molecule has 118 valence electrons. The van der Waals surface area contributed by atoms with Gasteiger partial charge in [0.15, 0.2) is 0 Å². The van der Waals surface area contributed by atoms with E-state index in [-0.39, 0.29) is 23.6 Å². The molecule has 0 aromatic carbocycles. The number of aromatic nitrogens is 3. The molecular formula is C17H21F2N3. The molecule has 2 aromatic rings. The van der Waals surface area contributed by atoms with Gasteiger partial charge in [-0.3, -0.25) is 4.98 Å². The van der Waals surface area contributed by atoms with Gasteiger partial charge in [0.05, 0.1) is 5.35 Å². The Hall–Kier alpha value is -2.04. The van der Waals surface area contributed by atoms with Crippen molar-refractivity contribution in [2.75, 3.05) is 6.67 Å². The molecule has 0 saturated heterocycles. The summed E-state index contributed by atoms with van der Waals surface area (Å²) in [5.74, 6) is 0.299. The minimum absolute atomic E-state index is 0.0823. The lowest BCUT2D eigenvalue weighted by Crippen LogP contribution is -2.33. The van der Waals surface area contributed by atoms with Gasteiger partial charge in [0.1, 0.15) is 23.7 Å². The summed E-state index contributed by atoms with van der Waals surface area (Å²) in [5.41, 5.74) is 0.798. The lowest BCUT2D eigenvalue weighted by molar-refractivity contribution is 0.520. The van der Waals surface area contributed by atoms with Gasteiger partial charge in [0.25, 0.3) is 0 Å². The normalized spacial score (nSPS) is 15.0. The topological polar surface area (TPSA) is 30.7 Å². The smallest absolute Gasteiger partial charge is 0.143 e.